The largest absolute Gasteiger partial charge is 0.483 e. The van der Waals surface area contributed by atoms with Crippen LogP contribution in [0.4, 0.5) is 0 Å². The van der Waals surface area contributed by atoms with Crippen LogP contribution in [0.5, 0.6) is 0 Å². The summed E-state index contributed by atoms with van der Waals surface area (Å²) < 4.78 is 0. The van der Waals surface area contributed by atoms with Gasteiger partial charge in [0.1, 0.15) is 0 Å². The third-order valence-electron chi connectivity index (χ3n) is 1.69. The van der Waals surface area contributed by atoms with Crippen molar-refractivity contribution < 1.29 is 19.5 Å². The highest BCUT2D eigenvalue weighted by Crippen LogP contribution is 1.96. The molecule has 1 amide bonds. The standard InChI is InChI=1S/C9H18N2O2.CH2O2/c1-7(10)5-3-4-6-11-9(13)8(2)12;2-1-3/h7H,3-6,10H2,1-2H3,(H,11,13);1H,(H,2,3). The average molecular weight is 232 g/mol. The van der Waals surface area contributed by atoms with Crippen molar-refractivity contribution >= 4 is 18.2 Å². The van der Waals surface area contributed by atoms with Gasteiger partial charge in [0.2, 0.25) is 5.78 Å². The summed E-state index contributed by atoms with van der Waals surface area (Å²) in [6.07, 6.45) is 2.81. The summed E-state index contributed by atoms with van der Waals surface area (Å²) in [5.74, 6) is -0.937. The second kappa shape index (κ2) is 11.6. The molecular formula is C10H20N2O4. The summed E-state index contributed by atoms with van der Waals surface area (Å²) in [6, 6.07) is 0.212. The number of ketones is 1. The van der Waals surface area contributed by atoms with E-state index in [1.165, 1.54) is 6.92 Å². The van der Waals surface area contributed by atoms with E-state index < -0.39 is 11.7 Å². The highest BCUT2D eigenvalue weighted by molar-refractivity contribution is 6.35. The van der Waals surface area contributed by atoms with Crippen LogP contribution in [0, 0.1) is 0 Å². The first-order chi connectivity index (χ1) is 7.45. The minimum atomic E-state index is -0.499. The lowest BCUT2D eigenvalue weighted by molar-refractivity contribution is -0.136. The van der Waals surface area contributed by atoms with Crippen molar-refractivity contribution in [3.05, 3.63) is 0 Å². The normalized spacial score (nSPS) is 10.7. The van der Waals surface area contributed by atoms with Crippen LogP contribution < -0.4 is 11.1 Å². The first-order valence-electron chi connectivity index (χ1n) is 5.07. The van der Waals surface area contributed by atoms with Crippen LogP contribution in [0.25, 0.3) is 0 Å². The fourth-order valence-corrected chi connectivity index (χ4v) is 0.918. The number of amides is 1. The maximum Gasteiger partial charge on any atom is 0.290 e. The summed E-state index contributed by atoms with van der Waals surface area (Å²) in [6.45, 7) is 3.52. The molecule has 0 saturated heterocycles. The first-order valence-corrected chi connectivity index (χ1v) is 5.07. The van der Waals surface area contributed by atoms with Crippen LogP contribution in [0.3, 0.4) is 0 Å². The van der Waals surface area contributed by atoms with Crippen LogP contribution in [0.1, 0.15) is 33.1 Å². The lowest BCUT2D eigenvalue weighted by atomic mass is 10.1. The van der Waals surface area contributed by atoms with Gasteiger partial charge in [-0.25, -0.2) is 0 Å². The maximum absolute atomic E-state index is 10.8. The van der Waals surface area contributed by atoms with Gasteiger partial charge in [-0.05, 0) is 19.8 Å². The van der Waals surface area contributed by atoms with Crippen LogP contribution >= 0.6 is 0 Å². The second-order valence-electron chi connectivity index (χ2n) is 3.39. The minimum absolute atomic E-state index is 0.212. The number of hydrogen-bond donors (Lipinski definition) is 3. The van der Waals surface area contributed by atoms with E-state index in [0.717, 1.165) is 19.3 Å². The molecule has 0 aliphatic rings. The summed E-state index contributed by atoms with van der Waals surface area (Å²) in [5, 5.41) is 9.42. The third-order valence-corrected chi connectivity index (χ3v) is 1.69. The molecule has 0 rings (SSSR count). The smallest absolute Gasteiger partial charge is 0.290 e. The Morgan fingerprint density at radius 3 is 2.31 bits per heavy atom. The Kier molecular flexibility index (Phi) is 12.4. The van der Waals surface area contributed by atoms with Gasteiger partial charge in [0.15, 0.2) is 0 Å². The van der Waals surface area contributed by atoms with E-state index in [-0.39, 0.29) is 12.5 Å². The zero-order chi connectivity index (χ0) is 13.0. The number of hydrogen-bond acceptors (Lipinski definition) is 4. The molecule has 1 unspecified atom stereocenters. The highest BCUT2D eigenvalue weighted by Gasteiger charge is 2.04. The van der Waals surface area contributed by atoms with Crippen LogP contribution in [-0.2, 0) is 14.4 Å². The molecule has 1 atom stereocenters. The number of Topliss-reactive ketones (excluding diaryl/α,β-unsaturated/α-hetero) is 1. The number of unbranched alkanes of at least 4 members (excludes halogenated alkanes) is 1. The summed E-state index contributed by atoms with van der Waals surface area (Å²) in [7, 11) is 0. The topological polar surface area (TPSA) is 109 Å². The van der Waals surface area contributed by atoms with Gasteiger partial charge in [0.05, 0.1) is 0 Å². The minimum Gasteiger partial charge on any atom is -0.483 e. The SMILES string of the molecule is CC(=O)C(=O)NCCCCC(C)N.O=CO. The van der Waals surface area contributed by atoms with Crippen molar-refractivity contribution in [3.63, 3.8) is 0 Å². The number of nitrogens with one attached hydrogen (secondary N) is 1. The molecule has 0 aromatic rings. The molecular weight excluding hydrogens is 212 g/mol. The van der Waals surface area contributed by atoms with E-state index in [0.29, 0.717) is 6.54 Å². The maximum atomic E-state index is 10.8. The average Bonchev–Trinajstić information content (AvgIpc) is 2.17. The molecule has 0 fully saturated rings. The molecule has 0 aromatic carbocycles. The second-order valence-corrected chi connectivity index (χ2v) is 3.39. The monoisotopic (exact) mass is 232 g/mol. The van der Waals surface area contributed by atoms with Crippen molar-refractivity contribution in [1.82, 2.24) is 5.32 Å². The van der Waals surface area contributed by atoms with Gasteiger partial charge in [-0.2, -0.15) is 0 Å². The zero-order valence-corrected chi connectivity index (χ0v) is 9.73. The van der Waals surface area contributed by atoms with E-state index in [9.17, 15) is 9.59 Å². The number of carbonyl (C=O) groups is 3. The van der Waals surface area contributed by atoms with Crippen molar-refractivity contribution in [3.8, 4) is 0 Å². The molecule has 4 N–H and O–H groups in total. The predicted molar refractivity (Wildman–Crippen MR) is 59.9 cm³/mol. The van der Waals surface area contributed by atoms with Gasteiger partial charge in [-0.15, -0.1) is 0 Å². The number of nitrogens with two attached hydrogens (primary N) is 1. The zero-order valence-electron chi connectivity index (χ0n) is 9.73. The summed E-state index contributed by atoms with van der Waals surface area (Å²) >= 11 is 0. The van der Waals surface area contributed by atoms with E-state index in [1.54, 1.807) is 0 Å². The Morgan fingerprint density at radius 1 is 1.44 bits per heavy atom. The van der Waals surface area contributed by atoms with Gasteiger partial charge < -0.3 is 16.2 Å². The quantitative estimate of drug-likeness (QED) is 0.337. The Labute approximate surface area is 95.2 Å². The number of carboxylic acid groups (broad SMARTS) is 1. The molecule has 0 spiro atoms. The fourth-order valence-electron chi connectivity index (χ4n) is 0.918. The highest BCUT2D eigenvalue weighted by atomic mass is 16.3. The van der Waals surface area contributed by atoms with Crippen LogP contribution in [-0.4, -0.2) is 35.9 Å². The van der Waals surface area contributed by atoms with Gasteiger partial charge in [0.25, 0.3) is 12.4 Å². The Bertz CT molecular complexity index is 217. The summed E-state index contributed by atoms with van der Waals surface area (Å²) in [5.41, 5.74) is 5.54. The van der Waals surface area contributed by atoms with Crippen molar-refractivity contribution in [2.24, 2.45) is 5.73 Å². The molecule has 6 heteroatoms. The molecule has 16 heavy (non-hydrogen) atoms. The molecule has 0 aliphatic heterocycles. The van der Waals surface area contributed by atoms with Gasteiger partial charge in [0, 0.05) is 19.5 Å². The van der Waals surface area contributed by atoms with E-state index in [1.807, 2.05) is 6.92 Å². The van der Waals surface area contributed by atoms with Gasteiger partial charge in [-0.1, -0.05) is 6.42 Å². The summed E-state index contributed by atoms with van der Waals surface area (Å²) in [4.78, 5) is 29.6. The molecule has 6 nitrogen and oxygen atoms in total. The number of carbonyl (C=O) groups excluding carboxylic acids is 2. The van der Waals surface area contributed by atoms with Gasteiger partial charge in [-0.3, -0.25) is 14.4 Å². The van der Waals surface area contributed by atoms with E-state index >= 15 is 0 Å². The lowest BCUT2D eigenvalue weighted by Crippen LogP contribution is -2.30. The molecule has 0 bridgehead atoms. The van der Waals surface area contributed by atoms with Crippen LogP contribution in [0.2, 0.25) is 0 Å². The molecule has 0 aromatic heterocycles. The van der Waals surface area contributed by atoms with Crippen LogP contribution in [0.15, 0.2) is 0 Å². The first kappa shape index (κ1) is 17.0. The Hall–Kier alpha value is -1.43. The van der Waals surface area contributed by atoms with Gasteiger partial charge >= 0.3 is 0 Å². The molecule has 0 heterocycles. The predicted octanol–water partition coefficient (Wildman–Crippen LogP) is -0.0901. The van der Waals surface area contributed by atoms with E-state index in [4.69, 9.17) is 15.6 Å². The molecule has 94 valence electrons. The molecule has 0 saturated carbocycles. The van der Waals surface area contributed by atoms with E-state index in [2.05, 4.69) is 5.32 Å². The van der Waals surface area contributed by atoms with Crippen molar-refractivity contribution in [2.45, 2.75) is 39.2 Å². The van der Waals surface area contributed by atoms with Crippen molar-refractivity contribution in [1.29, 1.82) is 0 Å². The fraction of sp³-hybridized carbons (Fsp3) is 0.700. The lowest BCUT2D eigenvalue weighted by Gasteiger charge is -2.04. The third kappa shape index (κ3) is 15.1. The Morgan fingerprint density at radius 2 is 1.94 bits per heavy atom. The number of rotatable bonds is 6. The molecule has 0 radical (unpaired) electrons. The molecule has 0 aliphatic carbocycles. The van der Waals surface area contributed by atoms with Crippen molar-refractivity contribution in [2.75, 3.05) is 6.54 Å². The Balaban J connectivity index is 0.